The molecule has 1 aromatic rings. The van der Waals surface area contributed by atoms with E-state index in [1.807, 2.05) is 12.1 Å². The van der Waals surface area contributed by atoms with Crippen molar-refractivity contribution in [2.45, 2.75) is 25.4 Å². The normalized spacial score (nSPS) is 26.2. The number of halogens is 1. The van der Waals surface area contributed by atoms with Crippen LogP contribution in [0, 0.1) is 11.8 Å². The number of methoxy groups -OCH3 is 1. The highest BCUT2D eigenvalue weighted by molar-refractivity contribution is 9.10. The van der Waals surface area contributed by atoms with Crippen molar-refractivity contribution in [1.82, 2.24) is 10.2 Å². The Hall–Kier alpha value is -0.850. The number of nitrogens with zero attached hydrogens (tertiary/aromatic N) is 1. The molecule has 1 amide bonds. The van der Waals surface area contributed by atoms with E-state index < -0.39 is 0 Å². The first kappa shape index (κ1) is 15.1. The second-order valence-corrected chi connectivity index (χ2v) is 6.79. The van der Waals surface area contributed by atoms with Gasteiger partial charge in [-0.05, 0) is 40.9 Å². The maximum Gasteiger partial charge on any atom is 0.225 e. The standard InChI is InChI=1S/C15H21BrN2O3/c1-20-9-10-6-18(7-12-4-5-14(16)21-12)8-13(10)15(19)17-11-2-3-11/h4-5,10-11,13H,2-3,6-9H2,1H3,(H,17,19)/t10-,13+/m0/s1. The van der Waals surface area contributed by atoms with Crippen LogP contribution >= 0.6 is 15.9 Å². The van der Waals surface area contributed by atoms with Gasteiger partial charge in [0.1, 0.15) is 5.76 Å². The maximum atomic E-state index is 12.4. The van der Waals surface area contributed by atoms with E-state index in [4.69, 9.17) is 9.15 Å². The van der Waals surface area contributed by atoms with E-state index >= 15 is 0 Å². The summed E-state index contributed by atoms with van der Waals surface area (Å²) in [5, 5.41) is 3.12. The van der Waals surface area contributed by atoms with Crippen molar-refractivity contribution in [3.63, 3.8) is 0 Å². The smallest absolute Gasteiger partial charge is 0.225 e. The van der Waals surface area contributed by atoms with Gasteiger partial charge in [-0.3, -0.25) is 9.69 Å². The van der Waals surface area contributed by atoms with E-state index in [-0.39, 0.29) is 17.7 Å². The van der Waals surface area contributed by atoms with E-state index in [1.165, 1.54) is 0 Å². The number of hydrogen-bond donors (Lipinski definition) is 1. The largest absolute Gasteiger partial charge is 0.453 e. The van der Waals surface area contributed by atoms with E-state index in [2.05, 4.69) is 26.1 Å². The van der Waals surface area contributed by atoms with Crippen molar-refractivity contribution in [2.24, 2.45) is 11.8 Å². The molecule has 2 aliphatic rings. The molecule has 1 aromatic heterocycles. The van der Waals surface area contributed by atoms with Crippen LogP contribution in [-0.4, -0.2) is 43.7 Å². The molecular weight excluding hydrogens is 336 g/mol. The minimum Gasteiger partial charge on any atom is -0.453 e. The molecule has 0 bridgehead atoms. The number of ether oxygens (including phenoxy) is 1. The zero-order valence-electron chi connectivity index (χ0n) is 12.2. The Morgan fingerprint density at radius 2 is 2.29 bits per heavy atom. The Morgan fingerprint density at radius 3 is 2.90 bits per heavy atom. The molecule has 2 heterocycles. The minimum atomic E-state index is 0.0175. The van der Waals surface area contributed by atoms with Gasteiger partial charge in [0.15, 0.2) is 4.67 Å². The monoisotopic (exact) mass is 356 g/mol. The predicted molar refractivity (Wildman–Crippen MR) is 81.7 cm³/mol. The summed E-state index contributed by atoms with van der Waals surface area (Å²) in [5.74, 6) is 1.38. The molecule has 5 nitrogen and oxygen atoms in total. The molecule has 3 rings (SSSR count). The summed E-state index contributed by atoms with van der Waals surface area (Å²) in [6, 6.07) is 4.28. The molecule has 0 aromatic carbocycles. The number of furan rings is 1. The average Bonchev–Trinajstić information content (AvgIpc) is 3.02. The molecule has 116 valence electrons. The van der Waals surface area contributed by atoms with Crippen LogP contribution in [-0.2, 0) is 16.1 Å². The number of rotatable bonds is 6. The van der Waals surface area contributed by atoms with Gasteiger partial charge in [-0.25, -0.2) is 0 Å². The number of carbonyl (C=O) groups is 1. The second-order valence-electron chi connectivity index (χ2n) is 6.00. The Balaban J connectivity index is 1.60. The van der Waals surface area contributed by atoms with Gasteiger partial charge < -0.3 is 14.5 Å². The summed E-state index contributed by atoms with van der Waals surface area (Å²) in [6.45, 7) is 3.00. The molecule has 2 fully saturated rings. The third-order valence-corrected chi connectivity index (χ3v) is 4.59. The number of carbonyl (C=O) groups excluding carboxylic acids is 1. The van der Waals surface area contributed by atoms with Crippen LogP contribution in [0.25, 0.3) is 0 Å². The second kappa shape index (κ2) is 6.50. The van der Waals surface area contributed by atoms with Gasteiger partial charge in [0, 0.05) is 32.2 Å². The Kier molecular flexibility index (Phi) is 4.66. The van der Waals surface area contributed by atoms with E-state index in [9.17, 15) is 4.79 Å². The fourth-order valence-corrected chi connectivity index (χ4v) is 3.30. The number of amides is 1. The highest BCUT2D eigenvalue weighted by atomic mass is 79.9. The van der Waals surface area contributed by atoms with Crippen LogP contribution in [0.15, 0.2) is 21.2 Å². The van der Waals surface area contributed by atoms with E-state index in [0.29, 0.717) is 12.6 Å². The fourth-order valence-electron chi connectivity index (χ4n) is 2.96. The van der Waals surface area contributed by atoms with Crippen LogP contribution < -0.4 is 5.32 Å². The number of likely N-dealkylation sites (tertiary alicyclic amines) is 1. The van der Waals surface area contributed by atoms with Crippen LogP contribution in [0.2, 0.25) is 0 Å². The Morgan fingerprint density at radius 1 is 1.48 bits per heavy atom. The third-order valence-electron chi connectivity index (χ3n) is 4.17. The van der Waals surface area contributed by atoms with E-state index in [1.54, 1.807) is 7.11 Å². The first-order valence-electron chi connectivity index (χ1n) is 7.41. The average molecular weight is 357 g/mol. The molecule has 1 saturated carbocycles. The Labute approximate surface area is 133 Å². The number of nitrogens with one attached hydrogen (secondary N) is 1. The molecule has 2 atom stereocenters. The van der Waals surface area contributed by atoms with Gasteiger partial charge in [0.25, 0.3) is 0 Å². The van der Waals surface area contributed by atoms with Crippen molar-refractivity contribution < 1.29 is 13.9 Å². The fraction of sp³-hybridized carbons (Fsp3) is 0.667. The zero-order valence-corrected chi connectivity index (χ0v) is 13.8. The summed E-state index contributed by atoms with van der Waals surface area (Å²) < 4.78 is 11.6. The molecule has 0 unspecified atom stereocenters. The molecule has 6 heteroatoms. The van der Waals surface area contributed by atoms with Crippen molar-refractivity contribution in [1.29, 1.82) is 0 Å². The van der Waals surface area contributed by atoms with Gasteiger partial charge in [-0.1, -0.05) is 0 Å². The lowest BCUT2D eigenvalue weighted by molar-refractivity contribution is -0.126. The SMILES string of the molecule is COC[C@@H]1CN(Cc2ccc(Br)o2)C[C@H]1C(=O)NC1CC1. The summed E-state index contributed by atoms with van der Waals surface area (Å²) >= 11 is 3.32. The summed E-state index contributed by atoms with van der Waals surface area (Å²) in [6.07, 6.45) is 2.25. The van der Waals surface area contributed by atoms with Crippen LogP contribution in [0.1, 0.15) is 18.6 Å². The lowest BCUT2D eigenvalue weighted by atomic mass is 9.96. The van der Waals surface area contributed by atoms with Crippen molar-refractivity contribution in [3.8, 4) is 0 Å². The highest BCUT2D eigenvalue weighted by Gasteiger charge is 2.39. The quantitative estimate of drug-likeness (QED) is 0.846. The van der Waals surface area contributed by atoms with Gasteiger partial charge in [-0.15, -0.1) is 0 Å². The van der Waals surface area contributed by atoms with Gasteiger partial charge in [0.2, 0.25) is 5.91 Å². The lowest BCUT2D eigenvalue weighted by Crippen LogP contribution is -2.37. The minimum absolute atomic E-state index is 0.0175. The molecule has 0 radical (unpaired) electrons. The zero-order chi connectivity index (χ0) is 14.8. The van der Waals surface area contributed by atoms with Crippen molar-refractivity contribution in [2.75, 3.05) is 26.8 Å². The molecule has 0 spiro atoms. The first-order valence-corrected chi connectivity index (χ1v) is 8.21. The Bertz CT molecular complexity index is 501. The molecule has 1 aliphatic carbocycles. The summed E-state index contributed by atoms with van der Waals surface area (Å²) in [5.41, 5.74) is 0. The predicted octanol–water partition coefficient (Wildman–Crippen LogP) is 2.02. The molecule has 1 N–H and O–H groups in total. The number of hydrogen-bond acceptors (Lipinski definition) is 4. The van der Waals surface area contributed by atoms with Gasteiger partial charge >= 0.3 is 0 Å². The molecule has 21 heavy (non-hydrogen) atoms. The van der Waals surface area contributed by atoms with Gasteiger partial charge in [0.05, 0.1) is 19.1 Å². The van der Waals surface area contributed by atoms with Crippen LogP contribution in [0.4, 0.5) is 0 Å². The molecular formula is C15H21BrN2O3. The first-order chi connectivity index (χ1) is 10.2. The topological polar surface area (TPSA) is 54.7 Å². The highest BCUT2D eigenvalue weighted by Crippen LogP contribution is 2.28. The van der Waals surface area contributed by atoms with Crippen molar-refractivity contribution >= 4 is 21.8 Å². The van der Waals surface area contributed by atoms with Crippen LogP contribution in [0.3, 0.4) is 0 Å². The van der Waals surface area contributed by atoms with Crippen LogP contribution in [0.5, 0.6) is 0 Å². The summed E-state index contributed by atoms with van der Waals surface area (Å²) in [7, 11) is 1.70. The summed E-state index contributed by atoms with van der Waals surface area (Å²) in [4.78, 5) is 14.6. The maximum absolute atomic E-state index is 12.4. The van der Waals surface area contributed by atoms with Crippen molar-refractivity contribution in [3.05, 3.63) is 22.6 Å². The third kappa shape index (κ3) is 3.87. The molecule has 1 aliphatic heterocycles. The van der Waals surface area contributed by atoms with E-state index in [0.717, 1.165) is 42.9 Å². The molecule has 1 saturated heterocycles. The van der Waals surface area contributed by atoms with Gasteiger partial charge in [-0.2, -0.15) is 0 Å². The lowest BCUT2D eigenvalue weighted by Gasteiger charge is -2.16.